The Hall–Kier alpha value is -2.70. The summed E-state index contributed by atoms with van der Waals surface area (Å²) in [6, 6.07) is 3.18. The second kappa shape index (κ2) is 6.07. The number of imidazole rings is 1. The molecule has 5 nitrogen and oxygen atoms in total. The van der Waals surface area contributed by atoms with Gasteiger partial charge in [-0.15, -0.1) is 0 Å². The minimum absolute atomic E-state index is 0.0261. The lowest BCUT2D eigenvalue weighted by atomic mass is 9.96. The summed E-state index contributed by atoms with van der Waals surface area (Å²) in [5.41, 5.74) is 0.540. The number of aromatic nitrogens is 2. The predicted octanol–water partition coefficient (Wildman–Crippen LogP) is 3.84. The normalized spacial score (nSPS) is 18.0. The fourth-order valence-corrected chi connectivity index (χ4v) is 2.73. The van der Waals surface area contributed by atoms with Gasteiger partial charge in [-0.05, 0) is 31.6 Å². The summed E-state index contributed by atoms with van der Waals surface area (Å²) in [4.78, 5) is 15.5. The van der Waals surface area contributed by atoms with Crippen LogP contribution in [0.1, 0.15) is 29.5 Å². The number of ether oxygens (including phenoxy) is 1. The third-order valence-corrected chi connectivity index (χ3v) is 4.02. The van der Waals surface area contributed by atoms with Crippen molar-refractivity contribution >= 4 is 11.6 Å². The molecule has 2 heterocycles. The van der Waals surface area contributed by atoms with Crippen LogP contribution >= 0.6 is 0 Å². The third-order valence-electron chi connectivity index (χ3n) is 4.02. The maximum Gasteiger partial charge on any atom is 0.354 e. The van der Waals surface area contributed by atoms with Gasteiger partial charge in [0.25, 0.3) is 0 Å². The molecule has 1 atom stereocenters. The van der Waals surface area contributed by atoms with Crippen molar-refractivity contribution in [1.29, 1.82) is 0 Å². The number of carboxylic acids is 1. The van der Waals surface area contributed by atoms with Gasteiger partial charge in [-0.2, -0.15) is 0 Å². The molecule has 0 amide bonds. The average molecular weight is 334 g/mol. The monoisotopic (exact) mass is 334 g/mol. The molecular weight excluding hydrogens is 318 g/mol. The first-order chi connectivity index (χ1) is 11.4. The molecule has 1 aliphatic carbocycles. The summed E-state index contributed by atoms with van der Waals surface area (Å²) in [6.07, 6.45) is 3.21. The van der Waals surface area contributed by atoms with Crippen LogP contribution in [0.2, 0.25) is 0 Å². The van der Waals surface area contributed by atoms with E-state index in [1.54, 1.807) is 32.2 Å². The molecule has 0 aromatic carbocycles. The van der Waals surface area contributed by atoms with Gasteiger partial charge in [0.15, 0.2) is 17.1 Å². The van der Waals surface area contributed by atoms with Crippen LogP contribution in [0, 0.1) is 12.8 Å². The standard InChI is InChI=1S/C17H16F2N2O3/c1-9-5-6-12(18)11(14(9)19)8-24-13-4-3-7-21-15(17(22)23)10(2)20-16(13)21/h3-4,6-7,9H,5,8H2,1-2H3,(H,22,23). The molecule has 0 saturated carbocycles. The highest BCUT2D eigenvalue weighted by atomic mass is 19.1. The SMILES string of the molecule is Cc1nc2c(OCC3=C(F)C(C)CC=C3F)cccn2c1C(=O)O. The van der Waals surface area contributed by atoms with Crippen molar-refractivity contribution in [2.75, 3.05) is 6.61 Å². The summed E-state index contributed by atoms with van der Waals surface area (Å²) >= 11 is 0. The van der Waals surface area contributed by atoms with Crippen molar-refractivity contribution in [3.63, 3.8) is 0 Å². The molecular formula is C17H16F2N2O3. The molecule has 126 valence electrons. The number of pyridine rings is 1. The molecule has 0 bridgehead atoms. The van der Waals surface area contributed by atoms with E-state index in [0.717, 1.165) is 0 Å². The number of allylic oxidation sites excluding steroid dienone is 2. The molecule has 2 aromatic heterocycles. The second-order valence-electron chi connectivity index (χ2n) is 5.72. The van der Waals surface area contributed by atoms with Gasteiger partial charge >= 0.3 is 5.97 Å². The Kier molecular flexibility index (Phi) is 4.09. The number of hydrogen-bond donors (Lipinski definition) is 1. The zero-order valence-corrected chi connectivity index (χ0v) is 13.2. The molecule has 0 spiro atoms. The molecule has 24 heavy (non-hydrogen) atoms. The van der Waals surface area contributed by atoms with Crippen LogP contribution in [0.5, 0.6) is 5.75 Å². The summed E-state index contributed by atoms with van der Waals surface area (Å²) < 4.78 is 34.9. The Morgan fingerprint density at radius 3 is 2.96 bits per heavy atom. The van der Waals surface area contributed by atoms with E-state index in [2.05, 4.69) is 4.98 Å². The second-order valence-corrected chi connectivity index (χ2v) is 5.72. The van der Waals surface area contributed by atoms with Gasteiger partial charge in [-0.25, -0.2) is 18.6 Å². The number of halogens is 2. The van der Waals surface area contributed by atoms with Gasteiger partial charge < -0.3 is 9.84 Å². The zero-order valence-electron chi connectivity index (χ0n) is 13.2. The molecule has 0 aliphatic heterocycles. The Labute approximate surface area is 136 Å². The Morgan fingerprint density at radius 2 is 2.25 bits per heavy atom. The molecule has 2 aromatic rings. The van der Waals surface area contributed by atoms with Gasteiger partial charge in [-0.3, -0.25) is 4.40 Å². The molecule has 7 heteroatoms. The number of hydrogen-bond acceptors (Lipinski definition) is 3. The van der Waals surface area contributed by atoms with E-state index in [-0.39, 0.29) is 29.5 Å². The number of aryl methyl sites for hydroxylation is 1. The van der Waals surface area contributed by atoms with Gasteiger partial charge in [0.05, 0.1) is 11.3 Å². The van der Waals surface area contributed by atoms with Crippen molar-refractivity contribution in [3.8, 4) is 5.75 Å². The van der Waals surface area contributed by atoms with E-state index in [1.165, 1.54) is 10.5 Å². The maximum atomic E-state index is 14.1. The molecule has 0 fully saturated rings. The number of carbonyl (C=O) groups is 1. The van der Waals surface area contributed by atoms with Crippen LogP contribution < -0.4 is 4.74 Å². The van der Waals surface area contributed by atoms with Gasteiger partial charge in [0.1, 0.15) is 18.3 Å². The number of rotatable bonds is 4. The lowest BCUT2D eigenvalue weighted by Gasteiger charge is -2.18. The summed E-state index contributed by atoms with van der Waals surface area (Å²) in [5, 5.41) is 9.26. The van der Waals surface area contributed by atoms with E-state index in [0.29, 0.717) is 17.8 Å². The molecule has 1 unspecified atom stereocenters. The first-order valence-electron chi connectivity index (χ1n) is 7.48. The van der Waals surface area contributed by atoms with Gasteiger partial charge in [-0.1, -0.05) is 6.92 Å². The van der Waals surface area contributed by atoms with Crippen molar-refractivity contribution < 1.29 is 23.4 Å². The quantitative estimate of drug-likeness (QED) is 0.923. The minimum atomic E-state index is -1.11. The fourth-order valence-electron chi connectivity index (χ4n) is 2.73. The van der Waals surface area contributed by atoms with Gasteiger partial charge in [0, 0.05) is 12.1 Å². The molecule has 0 radical (unpaired) electrons. The van der Waals surface area contributed by atoms with Crippen molar-refractivity contribution in [2.24, 2.45) is 5.92 Å². The summed E-state index contributed by atoms with van der Waals surface area (Å²) in [7, 11) is 0. The van der Waals surface area contributed by atoms with E-state index in [9.17, 15) is 18.7 Å². The lowest BCUT2D eigenvalue weighted by molar-refractivity contribution is 0.0688. The molecule has 1 N–H and O–H groups in total. The average Bonchev–Trinajstić information content (AvgIpc) is 2.88. The third kappa shape index (κ3) is 2.66. The minimum Gasteiger partial charge on any atom is -0.485 e. The molecule has 0 saturated heterocycles. The number of carboxylic acid groups (broad SMARTS) is 1. The van der Waals surface area contributed by atoms with E-state index >= 15 is 0 Å². The van der Waals surface area contributed by atoms with Crippen molar-refractivity contribution in [1.82, 2.24) is 9.38 Å². The number of fused-ring (bicyclic) bond motifs is 1. The Morgan fingerprint density at radius 1 is 1.50 bits per heavy atom. The number of nitrogens with zero attached hydrogens (tertiary/aromatic N) is 2. The summed E-state index contributed by atoms with van der Waals surface area (Å²) in [5.74, 6) is -2.37. The van der Waals surface area contributed by atoms with E-state index in [4.69, 9.17) is 4.74 Å². The van der Waals surface area contributed by atoms with Crippen LogP contribution in [-0.2, 0) is 0 Å². The Bertz CT molecular complexity index is 883. The van der Waals surface area contributed by atoms with Crippen molar-refractivity contribution in [3.05, 3.63) is 53.0 Å². The lowest BCUT2D eigenvalue weighted by Crippen LogP contribution is -2.12. The van der Waals surface area contributed by atoms with Gasteiger partial charge in [0.2, 0.25) is 0 Å². The fraction of sp³-hybridized carbons (Fsp3) is 0.294. The van der Waals surface area contributed by atoms with Crippen LogP contribution in [-0.4, -0.2) is 27.1 Å². The van der Waals surface area contributed by atoms with Crippen LogP contribution in [0.4, 0.5) is 8.78 Å². The van der Waals surface area contributed by atoms with E-state index < -0.39 is 17.6 Å². The summed E-state index contributed by atoms with van der Waals surface area (Å²) in [6.45, 7) is 2.97. The van der Waals surface area contributed by atoms with Crippen LogP contribution in [0.15, 0.2) is 41.6 Å². The highest BCUT2D eigenvalue weighted by Crippen LogP contribution is 2.32. The Balaban J connectivity index is 1.94. The highest BCUT2D eigenvalue weighted by Gasteiger charge is 2.23. The first-order valence-corrected chi connectivity index (χ1v) is 7.48. The zero-order chi connectivity index (χ0) is 17.4. The topological polar surface area (TPSA) is 63.8 Å². The van der Waals surface area contributed by atoms with Crippen molar-refractivity contribution in [2.45, 2.75) is 20.3 Å². The molecule has 1 aliphatic rings. The first kappa shape index (κ1) is 16.2. The van der Waals surface area contributed by atoms with Crippen LogP contribution in [0.25, 0.3) is 5.65 Å². The smallest absolute Gasteiger partial charge is 0.354 e. The number of aromatic carboxylic acids is 1. The largest absolute Gasteiger partial charge is 0.485 e. The highest BCUT2D eigenvalue weighted by molar-refractivity contribution is 5.88. The molecule has 3 rings (SSSR count). The maximum absolute atomic E-state index is 14.1. The van der Waals surface area contributed by atoms with Crippen LogP contribution in [0.3, 0.4) is 0 Å². The predicted molar refractivity (Wildman–Crippen MR) is 83.5 cm³/mol. The van der Waals surface area contributed by atoms with E-state index in [1.807, 2.05) is 0 Å².